The molecule has 0 saturated heterocycles. The van der Waals surface area contributed by atoms with Gasteiger partial charge >= 0.3 is 0 Å². The van der Waals surface area contributed by atoms with Gasteiger partial charge in [-0.2, -0.15) is 0 Å². The zero-order valence-corrected chi connectivity index (χ0v) is 6.84. The molecular weight excluding hydrogens is 148 g/mol. The highest BCUT2D eigenvalue weighted by Gasteiger charge is 2.17. The molecule has 2 rings (SSSR count). The molecule has 60 valence electrons. The van der Waals surface area contributed by atoms with Crippen molar-refractivity contribution in [1.82, 2.24) is 0 Å². The zero-order valence-electron chi connectivity index (χ0n) is 6.84. The van der Waals surface area contributed by atoms with Crippen LogP contribution in [0.1, 0.15) is 17.5 Å². The predicted molar refractivity (Wildman–Crippen MR) is 48.8 cm³/mol. The first-order valence-corrected chi connectivity index (χ1v) is 4.05. The van der Waals surface area contributed by atoms with Crippen LogP contribution in [0, 0.1) is 0 Å². The number of fused-ring (bicyclic) bond motifs is 1. The van der Waals surface area contributed by atoms with Crippen LogP contribution in [0.5, 0.6) is 0 Å². The van der Waals surface area contributed by atoms with E-state index >= 15 is 0 Å². The molecule has 1 heteroatoms. The van der Waals surface area contributed by atoms with Crippen molar-refractivity contribution in [3.63, 3.8) is 0 Å². The zero-order chi connectivity index (χ0) is 8.55. The highest BCUT2D eigenvalue weighted by atomic mass is 16.1. The molecule has 0 spiro atoms. The van der Waals surface area contributed by atoms with Crippen molar-refractivity contribution < 1.29 is 4.79 Å². The molecule has 1 aliphatic rings. The third kappa shape index (κ3) is 1.07. The van der Waals surface area contributed by atoms with Crippen molar-refractivity contribution >= 4 is 11.4 Å². The van der Waals surface area contributed by atoms with Crippen LogP contribution in [0.15, 0.2) is 30.8 Å². The summed E-state index contributed by atoms with van der Waals surface area (Å²) in [5.74, 6) is 0.277. The van der Waals surface area contributed by atoms with Crippen LogP contribution in [0.3, 0.4) is 0 Å². The molecule has 0 N–H and O–H groups in total. The van der Waals surface area contributed by atoms with Gasteiger partial charge in [-0.25, -0.2) is 0 Å². The number of hydrogen-bond acceptors (Lipinski definition) is 1. The minimum absolute atomic E-state index is 0.277. The second kappa shape index (κ2) is 2.59. The number of ketones is 1. The lowest BCUT2D eigenvalue weighted by Crippen LogP contribution is -2.11. The van der Waals surface area contributed by atoms with E-state index in [-0.39, 0.29) is 5.78 Å². The molecule has 0 amide bonds. The third-order valence-electron chi connectivity index (χ3n) is 2.20. The van der Waals surface area contributed by atoms with Gasteiger partial charge in [0.25, 0.3) is 0 Å². The van der Waals surface area contributed by atoms with Crippen molar-refractivity contribution in [3.05, 3.63) is 42.0 Å². The van der Waals surface area contributed by atoms with E-state index < -0.39 is 0 Å². The molecule has 0 heterocycles. The fourth-order valence-electron chi connectivity index (χ4n) is 1.63. The number of hydrogen-bond donors (Lipinski definition) is 0. The molecule has 0 saturated carbocycles. The maximum absolute atomic E-state index is 11.2. The number of carbonyl (C=O) groups excluding carboxylic acids is 1. The number of allylic oxidation sites excluding steroid dienone is 1. The van der Waals surface area contributed by atoms with Crippen LogP contribution in [0.25, 0.3) is 5.57 Å². The summed E-state index contributed by atoms with van der Waals surface area (Å²) in [6.45, 7) is 3.89. The molecule has 0 aromatic heterocycles. The van der Waals surface area contributed by atoms with E-state index in [1.165, 1.54) is 0 Å². The first-order valence-electron chi connectivity index (χ1n) is 4.05. The van der Waals surface area contributed by atoms with Crippen LogP contribution >= 0.6 is 0 Å². The number of benzene rings is 1. The summed E-state index contributed by atoms with van der Waals surface area (Å²) in [5, 5.41) is 0. The Balaban J connectivity index is 2.54. The van der Waals surface area contributed by atoms with E-state index in [0.717, 1.165) is 16.7 Å². The lowest BCUT2D eigenvalue weighted by atomic mass is 9.88. The van der Waals surface area contributed by atoms with Gasteiger partial charge < -0.3 is 0 Å². The quantitative estimate of drug-likeness (QED) is 0.565. The third-order valence-corrected chi connectivity index (χ3v) is 2.20. The van der Waals surface area contributed by atoms with Crippen LogP contribution in [0.4, 0.5) is 0 Å². The normalized spacial score (nSPS) is 16.0. The van der Waals surface area contributed by atoms with Gasteiger partial charge in [-0.3, -0.25) is 4.79 Å². The van der Waals surface area contributed by atoms with Crippen LogP contribution in [-0.2, 0) is 11.2 Å². The maximum atomic E-state index is 11.2. The summed E-state index contributed by atoms with van der Waals surface area (Å²) in [6, 6.07) is 7.98. The van der Waals surface area contributed by atoms with Gasteiger partial charge in [0.2, 0.25) is 0 Å². The molecule has 1 aliphatic carbocycles. The Kier molecular flexibility index (Phi) is 1.58. The Bertz CT molecular complexity index is 350. The minimum Gasteiger partial charge on any atom is -0.299 e. The highest BCUT2D eigenvalue weighted by Crippen LogP contribution is 2.26. The highest BCUT2D eigenvalue weighted by molar-refractivity contribution is 5.95. The molecule has 1 aromatic rings. The summed E-state index contributed by atoms with van der Waals surface area (Å²) in [7, 11) is 0. The molecular formula is C11H10O. The van der Waals surface area contributed by atoms with Gasteiger partial charge in [-0.05, 0) is 16.7 Å². The number of rotatable bonds is 0. The molecule has 0 aliphatic heterocycles. The summed E-state index contributed by atoms with van der Waals surface area (Å²) in [6.07, 6.45) is 1.10. The average Bonchev–Trinajstić information content (AvgIpc) is 2.04. The largest absolute Gasteiger partial charge is 0.299 e. The maximum Gasteiger partial charge on any atom is 0.141 e. The van der Waals surface area contributed by atoms with E-state index in [2.05, 4.69) is 6.58 Å². The van der Waals surface area contributed by atoms with Gasteiger partial charge in [0, 0.05) is 12.8 Å². The van der Waals surface area contributed by atoms with E-state index in [1.807, 2.05) is 24.3 Å². The van der Waals surface area contributed by atoms with Crippen molar-refractivity contribution in [3.8, 4) is 0 Å². The molecule has 1 aromatic carbocycles. The lowest BCUT2D eigenvalue weighted by molar-refractivity contribution is -0.117. The molecule has 0 bridgehead atoms. The Hall–Kier alpha value is -1.37. The molecule has 0 radical (unpaired) electrons. The standard InChI is InChI=1S/C11H10O/c1-8-6-10(12)7-9-4-2-3-5-11(8)9/h2-5H,1,6-7H2. The Morgan fingerprint density at radius 2 is 1.92 bits per heavy atom. The Morgan fingerprint density at radius 1 is 1.17 bits per heavy atom. The molecule has 0 unspecified atom stereocenters. The average molecular weight is 158 g/mol. The second-order valence-corrected chi connectivity index (χ2v) is 3.15. The Morgan fingerprint density at radius 3 is 2.75 bits per heavy atom. The summed E-state index contributed by atoms with van der Waals surface area (Å²) in [5.41, 5.74) is 3.25. The van der Waals surface area contributed by atoms with E-state index in [0.29, 0.717) is 12.8 Å². The SMILES string of the molecule is C=C1CC(=O)Cc2ccccc21. The van der Waals surface area contributed by atoms with Crippen molar-refractivity contribution in [2.75, 3.05) is 0 Å². The van der Waals surface area contributed by atoms with Crippen LogP contribution < -0.4 is 0 Å². The predicted octanol–water partition coefficient (Wildman–Crippen LogP) is 2.22. The van der Waals surface area contributed by atoms with Gasteiger partial charge in [-0.15, -0.1) is 0 Å². The van der Waals surface area contributed by atoms with Gasteiger partial charge in [0.15, 0.2) is 0 Å². The fourth-order valence-corrected chi connectivity index (χ4v) is 1.63. The molecule has 1 nitrogen and oxygen atoms in total. The van der Waals surface area contributed by atoms with Crippen LogP contribution in [-0.4, -0.2) is 5.78 Å². The minimum atomic E-state index is 0.277. The van der Waals surface area contributed by atoms with Crippen molar-refractivity contribution in [1.29, 1.82) is 0 Å². The van der Waals surface area contributed by atoms with E-state index in [9.17, 15) is 4.79 Å². The van der Waals surface area contributed by atoms with E-state index in [1.54, 1.807) is 0 Å². The second-order valence-electron chi connectivity index (χ2n) is 3.15. The summed E-state index contributed by atoms with van der Waals surface area (Å²) < 4.78 is 0. The van der Waals surface area contributed by atoms with Crippen molar-refractivity contribution in [2.24, 2.45) is 0 Å². The van der Waals surface area contributed by atoms with Gasteiger partial charge in [0.05, 0.1) is 0 Å². The monoisotopic (exact) mass is 158 g/mol. The summed E-state index contributed by atoms with van der Waals surface area (Å²) >= 11 is 0. The topological polar surface area (TPSA) is 17.1 Å². The van der Waals surface area contributed by atoms with Gasteiger partial charge in [-0.1, -0.05) is 30.8 Å². The smallest absolute Gasteiger partial charge is 0.141 e. The summed E-state index contributed by atoms with van der Waals surface area (Å²) in [4.78, 5) is 11.2. The first-order chi connectivity index (χ1) is 5.77. The van der Waals surface area contributed by atoms with E-state index in [4.69, 9.17) is 0 Å². The molecule has 0 fully saturated rings. The Labute approximate surface area is 71.7 Å². The van der Waals surface area contributed by atoms with Gasteiger partial charge in [0.1, 0.15) is 5.78 Å². The fraction of sp³-hybridized carbons (Fsp3) is 0.182. The molecule has 12 heavy (non-hydrogen) atoms. The lowest BCUT2D eigenvalue weighted by Gasteiger charge is -2.16. The first kappa shape index (κ1) is 7.29. The number of Topliss-reactive ketones (excluding diaryl/α,β-unsaturated/α-hetero) is 1. The van der Waals surface area contributed by atoms with Crippen LogP contribution in [0.2, 0.25) is 0 Å². The molecule has 0 atom stereocenters. The number of carbonyl (C=O) groups is 1. The van der Waals surface area contributed by atoms with Crippen molar-refractivity contribution in [2.45, 2.75) is 12.8 Å².